The zero-order valence-electron chi connectivity index (χ0n) is 20.6. The number of fused-ring (bicyclic) bond motifs is 3. The van der Waals surface area contributed by atoms with E-state index in [9.17, 15) is 34.8 Å². The Morgan fingerprint density at radius 2 is 1.76 bits per heavy atom. The molecule has 0 saturated heterocycles. The maximum absolute atomic E-state index is 13.8. The lowest BCUT2D eigenvalue weighted by molar-refractivity contribution is -0.148. The van der Waals surface area contributed by atoms with Gasteiger partial charge in [0.1, 0.15) is 22.8 Å². The van der Waals surface area contributed by atoms with E-state index in [0.717, 1.165) is 0 Å². The summed E-state index contributed by atoms with van der Waals surface area (Å²) in [7, 11) is 3.16. The summed E-state index contributed by atoms with van der Waals surface area (Å²) in [5.74, 6) is -6.89. The number of amides is 1. The fourth-order valence-electron chi connectivity index (χ4n) is 6.25. The lowest BCUT2D eigenvalue weighted by atomic mass is 9.58. The Bertz CT molecular complexity index is 1530. The molecule has 10 nitrogen and oxygen atoms in total. The average molecular weight is 516 g/mol. The van der Waals surface area contributed by atoms with Crippen molar-refractivity contribution in [2.75, 3.05) is 14.1 Å². The number of benzene rings is 2. The van der Waals surface area contributed by atoms with Crippen LogP contribution >= 0.6 is 0 Å². The molecule has 6 N–H and O–H groups in total. The number of aliphatic hydroxyl groups is 3. The van der Waals surface area contributed by atoms with Gasteiger partial charge in [-0.05, 0) is 67.7 Å². The van der Waals surface area contributed by atoms with Crippen molar-refractivity contribution >= 4 is 17.5 Å². The second-order valence-electron chi connectivity index (χ2n) is 10.1. The summed E-state index contributed by atoms with van der Waals surface area (Å²) in [6, 6.07) is 10.7. The molecule has 1 amide bonds. The quantitative estimate of drug-likeness (QED) is 0.379. The number of allylic oxidation sites excluding steroid dienone is 1. The number of phenolic OH excluding ortho intramolecular Hbond substituents is 1. The smallest absolute Gasteiger partial charge is 0.255 e. The summed E-state index contributed by atoms with van der Waals surface area (Å²) in [5, 5.41) is 53.6. The van der Waals surface area contributed by atoms with Crippen molar-refractivity contribution in [3.63, 3.8) is 0 Å². The number of ketones is 2. The average Bonchev–Trinajstić information content (AvgIpc) is 2.86. The van der Waals surface area contributed by atoms with Crippen LogP contribution in [-0.4, -0.2) is 68.5 Å². The van der Waals surface area contributed by atoms with Crippen molar-refractivity contribution in [2.24, 2.45) is 17.6 Å². The molecule has 0 heterocycles. The zero-order valence-corrected chi connectivity index (χ0v) is 20.6. The Labute approximate surface area is 217 Å². The van der Waals surface area contributed by atoms with E-state index in [4.69, 9.17) is 11.0 Å². The molecule has 5 rings (SSSR count). The Kier molecular flexibility index (Phi) is 5.67. The molecule has 0 saturated carbocycles. The van der Waals surface area contributed by atoms with Crippen LogP contribution in [0.5, 0.6) is 5.75 Å². The van der Waals surface area contributed by atoms with Crippen molar-refractivity contribution in [2.45, 2.75) is 24.5 Å². The molecular weight excluding hydrogens is 490 g/mol. The minimum absolute atomic E-state index is 0.00816. The molecule has 2 aromatic carbocycles. The predicted molar refractivity (Wildman–Crippen MR) is 134 cm³/mol. The summed E-state index contributed by atoms with van der Waals surface area (Å²) in [6.07, 6.45) is 0.187. The van der Waals surface area contributed by atoms with Gasteiger partial charge in [0.05, 0.1) is 23.2 Å². The first kappa shape index (κ1) is 25.2. The molecule has 0 aromatic heterocycles. The number of hydrogen-bond donors (Lipinski definition) is 5. The summed E-state index contributed by atoms with van der Waals surface area (Å²) in [4.78, 5) is 40.7. The van der Waals surface area contributed by atoms with Crippen LogP contribution in [0.15, 0.2) is 59.1 Å². The number of carbonyl (C=O) groups is 3. The molecule has 4 atom stereocenters. The molecular formula is C28H25N3O7. The SMILES string of the molecule is CN(C)[C@H]1C(O)=C(C(N)=O)C(=O)[C@@]2(O)C(O)=C3C(=O)c4c(O)ccc(-c5ccc(C#N)cc5)c4C[C@H]3C[C@H]12. The van der Waals surface area contributed by atoms with E-state index in [1.807, 2.05) is 0 Å². The lowest BCUT2D eigenvalue weighted by Crippen LogP contribution is -2.63. The Hall–Kier alpha value is -4.46. The van der Waals surface area contributed by atoms with E-state index in [2.05, 4.69) is 6.07 Å². The fraction of sp³-hybridized carbons (Fsp3) is 0.286. The van der Waals surface area contributed by atoms with Crippen molar-refractivity contribution in [1.82, 2.24) is 4.90 Å². The number of phenols is 1. The molecule has 3 aliphatic rings. The normalized spacial score (nSPS) is 26.6. The zero-order chi connectivity index (χ0) is 27.7. The molecule has 2 aromatic rings. The first-order valence-electron chi connectivity index (χ1n) is 11.9. The lowest BCUT2D eigenvalue weighted by Gasteiger charge is -2.50. The Balaban J connectivity index is 1.71. The highest BCUT2D eigenvalue weighted by Gasteiger charge is 2.63. The van der Waals surface area contributed by atoms with Gasteiger partial charge in [0.25, 0.3) is 5.91 Å². The first-order valence-corrected chi connectivity index (χ1v) is 11.9. The molecule has 194 valence electrons. The standard InChI is InChI=1S/C28H25N3O7/c1-31(2)22-17-10-14-9-16-15(13-5-3-12(11-29)4-6-13)7-8-18(32)20(16)23(33)19(14)25(35)28(17,38)26(36)21(24(22)34)27(30)37/h3-8,14,17,22,32,34-35,38H,9-10H2,1-2H3,(H2,30,37)/t14-,17+,22+,28-/m0/s1. The summed E-state index contributed by atoms with van der Waals surface area (Å²) < 4.78 is 0. The third kappa shape index (κ3) is 3.29. The van der Waals surface area contributed by atoms with Gasteiger partial charge in [-0.15, -0.1) is 0 Å². The molecule has 10 heteroatoms. The van der Waals surface area contributed by atoms with Gasteiger partial charge < -0.3 is 26.2 Å². The van der Waals surface area contributed by atoms with Crippen LogP contribution in [0.25, 0.3) is 11.1 Å². The van der Waals surface area contributed by atoms with Gasteiger partial charge in [0.2, 0.25) is 5.78 Å². The van der Waals surface area contributed by atoms with Crippen LogP contribution < -0.4 is 5.73 Å². The van der Waals surface area contributed by atoms with Crippen LogP contribution in [0, 0.1) is 23.2 Å². The third-order valence-electron chi connectivity index (χ3n) is 7.93. The van der Waals surface area contributed by atoms with Crippen molar-refractivity contribution < 1.29 is 34.8 Å². The van der Waals surface area contributed by atoms with Gasteiger partial charge in [0.15, 0.2) is 11.4 Å². The highest BCUT2D eigenvalue weighted by atomic mass is 16.3. The van der Waals surface area contributed by atoms with Gasteiger partial charge in [-0.2, -0.15) is 5.26 Å². The maximum Gasteiger partial charge on any atom is 0.255 e. The van der Waals surface area contributed by atoms with Gasteiger partial charge in [-0.25, -0.2) is 0 Å². The van der Waals surface area contributed by atoms with Gasteiger partial charge in [-0.3, -0.25) is 19.3 Å². The van der Waals surface area contributed by atoms with Crippen LogP contribution in [0.4, 0.5) is 0 Å². The highest BCUT2D eigenvalue weighted by molar-refractivity contribution is 6.24. The van der Waals surface area contributed by atoms with E-state index in [1.165, 1.54) is 11.0 Å². The number of aromatic hydroxyl groups is 1. The van der Waals surface area contributed by atoms with E-state index in [1.54, 1.807) is 44.4 Å². The number of hydrogen-bond acceptors (Lipinski definition) is 9. The van der Waals surface area contributed by atoms with Gasteiger partial charge >= 0.3 is 0 Å². The number of Topliss-reactive ketones (excluding diaryl/α,β-unsaturated/α-hetero) is 2. The second kappa shape index (κ2) is 8.55. The van der Waals surface area contributed by atoms with Crippen LogP contribution in [-0.2, 0) is 16.0 Å². The second-order valence-corrected chi connectivity index (χ2v) is 10.1. The molecule has 0 bridgehead atoms. The largest absolute Gasteiger partial charge is 0.510 e. The van der Waals surface area contributed by atoms with E-state index >= 15 is 0 Å². The molecule has 0 spiro atoms. The monoisotopic (exact) mass is 515 g/mol. The number of primary amides is 1. The number of rotatable bonds is 3. The number of nitrogens with zero attached hydrogens (tertiary/aromatic N) is 2. The summed E-state index contributed by atoms with van der Waals surface area (Å²) in [6.45, 7) is 0. The summed E-state index contributed by atoms with van der Waals surface area (Å²) >= 11 is 0. The van der Waals surface area contributed by atoms with Gasteiger partial charge in [0, 0.05) is 11.5 Å². The minimum Gasteiger partial charge on any atom is -0.510 e. The van der Waals surface area contributed by atoms with E-state index in [0.29, 0.717) is 22.3 Å². The topological polar surface area (TPSA) is 185 Å². The van der Waals surface area contributed by atoms with Crippen molar-refractivity contribution in [1.29, 1.82) is 5.26 Å². The maximum atomic E-state index is 13.8. The number of nitrogens with two attached hydrogens (primary N) is 1. The van der Waals surface area contributed by atoms with Crippen molar-refractivity contribution in [3.8, 4) is 22.9 Å². The molecule has 0 fully saturated rings. The summed E-state index contributed by atoms with van der Waals surface area (Å²) in [5.41, 5.74) is 3.89. The predicted octanol–water partition coefficient (Wildman–Crippen LogP) is 1.66. The van der Waals surface area contributed by atoms with E-state index < -0.39 is 58.0 Å². The fourth-order valence-corrected chi connectivity index (χ4v) is 6.25. The Morgan fingerprint density at radius 3 is 2.34 bits per heavy atom. The number of likely N-dealkylation sites (N-methyl/N-ethyl adjacent to an activating group) is 1. The van der Waals surface area contributed by atoms with Crippen molar-refractivity contribution in [3.05, 3.63) is 75.8 Å². The third-order valence-corrected chi connectivity index (χ3v) is 7.93. The number of nitriles is 1. The Morgan fingerprint density at radius 1 is 1.11 bits per heavy atom. The first-order chi connectivity index (χ1) is 17.9. The van der Waals surface area contributed by atoms with E-state index in [-0.39, 0.29) is 29.7 Å². The van der Waals surface area contributed by atoms with Crippen LogP contribution in [0.1, 0.15) is 27.9 Å². The molecule has 38 heavy (non-hydrogen) atoms. The molecule has 0 radical (unpaired) electrons. The highest BCUT2D eigenvalue weighted by Crippen LogP contribution is 2.53. The molecule has 0 unspecified atom stereocenters. The number of aliphatic hydroxyl groups excluding tert-OH is 2. The molecule has 3 aliphatic carbocycles. The number of carbonyl (C=O) groups excluding carboxylic acids is 3. The van der Waals surface area contributed by atoms with Crippen LogP contribution in [0.3, 0.4) is 0 Å². The minimum atomic E-state index is -2.68. The molecule has 0 aliphatic heterocycles. The van der Waals surface area contributed by atoms with Crippen LogP contribution in [0.2, 0.25) is 0 Å². The van der Waals surface area contributed by atoms with Gasteiger partial charge in [-0.1, -0.05) is 18.2 Å².